The molecule has 3 heteroatoms. The van der Waals surface area contributed by atoms with E-state index in [1.165, 1.54) is 36.9 Å². The molecule has 0 aliphatic heterocycles. The molecule has 0 saturated heterocycles. The standard InChI is InChI=1S/C17H28N2O/c1-4-5-8-11-19-15-10-7-6-9-13(15)12-14(16(19)20)17(2,3)18/h12H,4-11,18H2,1-3H3. The Hall–Kier alpha value is -1.09. The molecule has 1 heterocycles. The van der Waals surface area contributed by atoms with Crippen molar-refractivity contribution in [3.63, 3.8) is 0 Å². The lowest BCUT2D eigenvalue weighted by Gasteiger charge is -2.26. The van der Waals surface area contributed by atoms with E-state index in [4.69, 9.17) is 5.73 Å². The SMILES string of the molecule is CCCCCn1c2c(cc(C(C)(C)N)c1=O)CCCC2. The number of fused-ring (bicyclic) bond motifs is 1. The molecule has 0 spiro atoms. The van der Waals surface area contributed by atoms with Crippen LogP contribution >= 0.6 is 0 Å². The average Bonchev–Trinajstić information content (AvgIpc) is 2.39. The van der Waals surface area contributed by atoms with Gasteiger partial charge in [-0.05, 0) is 57.6 Å². The van der Waals surface area contributed by atoms with Crippen molar-refractivity contribution in [2.75, 3.05) is 0 Å². The van der Waals surface area contributed by atoms with Gasteiger partial charge in [0.15, 0.2) is 0 Å². The number of nitrogens with zero attached hydrogens (tertiary/aromatic N) is 1. The molecule has 0 bridgehead atoms. The summed E-state index contributed by atoms with van der Waals surface area (Å²) in [6.07, 6.45) is 8.00. The van der Waals surface area contributed by atoms with E-state index in [1.807, 2.05) is 18.4 Å². The molecule has 2 rings (SSSR count). The first kappa shape index (κ1) is 15.3. The number of hydrogen-bond donors (Lipinski definition) is 1. The van der Waals surface area contributed by atoms with Gasteiger partial charge in [-0.1, -0.05) is 19.8 Å². The number of pyridine rings is 1. The summed E-state index contributed by atoms with van der Waals surface area (Å²) in [6.45, 7) is 6.89. The highest BCUT2D eigenvalue weighted by atomic mass is 16.1. The van der Waals surface area contributed by atoms with Gasteiger partial charge in [0.05, 0.1) is 0 Å². The molecule has 20 heavy (non-hydrogen) atoms. The number of aromatic nitrogens is 1. The third kappa shape index (κ3) is 3.14. The Morgan fingerprint density at radius 3 is 2.60 bits per heavy atom. The topological polar surface area (TPSA) is 48.0 Å². The Labute approximate surface area is 122 Å². The summed E-state index contributed by atoms with van der Waals surface area (Å²) >= 11 is 0. The molecular weight excluding hydrogens is 248 g/mol. The maximum atomic E-state index is 12.8. The first-order valence-corrected chi connectivity index (χ1v) is 8.00. The monoisotopic (exact) mass is 276 g/mol. The molecule has 0 saturated carbocycles. The fraction of sp³-hybridized carbons (Fsp3) is 0.706. The Kier molecular flexibility index (Phi) is 4.69. The molecule has 1 aromatic heterocycles. The molecule has 3 nitrogen and oxygen atoms in total. The van der Waals surface area contributed by atoms with Gasteiger partial charge in [-0.25, -0.2) is 0 Å². The lowest BCUT2D eigenvalue weighted by atomic mass is 9.89. The van der Waals surface area contributed by atoms with Crippen molar-refractivity contribution in [2.45, 2.75) is 77.8 Å². The zero-order valence-corrected chi connectivity index (χ0v) is 13.2. The first-order valence-electron chi connectivity index (χ1n) is 8.00. The Morgan fingerprint density at radius 1 is 1.25 bits per heavy atom. The van der Waals surface area contributed by atoms with Gasteiger partial charge in [0.25, 0.3) is 5.56 Å². The third-order valence-electron chi connectivity index (χ3n) is 4.28. The minimum Gasteiger partial charge on any atom is -0.322 e. The van der Waals surface area contributed by atoms with Crippen molar-refractivity contribution in [3.05, 3.63) is 33.2 Å². The fourth-order valence-corrected chi connectivity index (χ4v) is 3.10. The van der Waals surface area contributed by atoms with Crippen LogP contribution in [-0.2, 0) is 24.9 Å². The van der Waals surface area contributed by atoms with Crippen LogP contribution in [0, 0.1) is 0 Å². The van der Waals surface area contributed by atoms with Gasteiger partial charge in [0, 0.05) is 23.3 Å². The molecule has 1 aliphatic carbocycles. The summed E-state index contributed by atoms with van der Waals surface area (Å²) in [7, 11) is 0. The minimum absolute atomic E-state index is 0.134. The minimum atomic E-state index is -0.559. The number of aryl methyl sites for hydroxylation is 1. The zero-order valence-electron chi connectivity index (χ0n) is 13.2. The van der Waals surface area contributed by atoms with Gasteiger partial charge < -0.3 is 10.3 Å². The molecule has 0 unspecified atom stereocenters. The van der Waals surface area contributed by atoms with Gasteiger partial charge in [0.1, 0.15) is 0 Å². The summed E-state index contributed by atoms with van der Waals surface area (Å²) < 4.78 is 2.02. The number of unbranched alkanes of at least 4 members (excludes halogenated alkanes) is 2. The second kappa shape index (κ2) is 6.13. The van der Waals surface area contributed by atoms with Crippen LogP contribution in [0.5, 0.6) is 0 Å². The van der Waals surface area contributed by atoms with Crippen molar-refractivity contribution in [1.82, 2.24) is 4.57 Å². The molecule has 0 radical (unpaired) electrons. The van der Waals surface area contributed by atoms with E-state index < -0.39 is 5.54 Å². The van der Waals surface area contributed by atoms with Crippen LogP contribution in [0.2, 0.25) is 0 Å². The normalized spacial score (nSPS) is 15.2. The molecule has 0 aromatic carbocycles. The maximum absolute atomic E-state index is 12.8. The highest BCUT2D eigenvalue weighted by Crippen LogP contribution is 2.24. The van der Waals surface area contributed by atoms with Crippen LogP contribution in [0.25, 0.3) is 0 Å². The van der Waals surface area contributed by atoms with E-state index in [1.54, 1.807) is 0 Å². The molecule has 0 fully saturated rings. The van der Waals surface area contributed by atoms with Gasteiger partial charge in [-0.15, -0.1) is 0 Å². The van der Waals surface area contributed by atoms with E-state index >= 15 is 0 Å². The number of nitrogens with two attached hydrogens (primary N) is 1. The summed E-state index contributed by atoms with van der Waals surface area (Å²) in [5.74, 6) is 0. The molecule has 1 aliphatic rings. The molecule has 0 atom stereocenters. The summed E-state index contributed by atoms with van der Waals surface area (Å²) in [5.41, 5.74) is 9.16. The van der Waals surface area contributed by atoms with E-state index in [-0.39, 0.29) is 5.56 Å². The van der Waals surface area contributed by atoms with Gasteiger partial charge in [0.2, 0.25) is 0 Å². The molecular formula is C17H28N2O. The summed E-state index contributed by atoms with van der Waals surface area (Å²) in [6, 6.07) is 2.08. The maximum Gasteiger partial charge on any atom is 0.255 e. The quantitative estimate of drug-likeness (QED) is 0.840. The van der Waals surface area contributed by atoms with E-state index in [0.29, 0.717) is 0 Å². The van der Waals surface area contributed by atoms with Gasteiger partial charge >= 0.3 is 0 Å². The highest BCUT2D eigenvalue weighted by Gasteiger charge is 2.24. The first-order chi connectivity index (χ1) is 9.45. The van der Waals surface area contributed by atoms with Crippen LogP contribution in [0.3, 0.4) is 0 Å². The third-order valence-corrected chi connectivity index (χ3v) is 4.28. The number of hydrogen-bond acceptors (Lipinski definition) is 2. The Morgan fingerprint density at radius 2 is 1.95 bits per heavy atom. The van der Waals surface area contributed by atoms with Crippen LogP contribution in [0.1, 0.15) is 69.7 Å². The Bertz CT molecular complexity index is 523. The van der Waals surface area contributed by atoms with Crippen molar-refractivity contribution in [3.8, 4) is 0 Å². The summed E-state index contributed by atoms with van der Waals surface area (Å²) in [5, 5.41) is 0. The lowest BCUT2D eigenvalue weighted by Crippen LogP contribution is -2.40. The van der Waals surface area contributed by atoms with Crippen molar-refractivity contribution in [1.29, 1.82) is 0 Å². The second-order valence-electron chi connectivity index (χ2n) is 6.62. The van der Waals surface area contributed by atoms with Crippen LogP contribution in [0.4, 0.5) is 0 Å². The van der Waals surface area contributed by atoms with E-state index in [2.05, 4.69) is 13.0 Å². The van der Waals surface area contributed by atoms with Crippen LogP contribution in [-0.4, -0.2) is 4.57 Å². The van der Waals surface area contributed by atoms with Crippen molar-refractivity contribution >= 4 is 0 Å². The average molecular weight is 276 g/mol. The van der Waals surface area contributed by atoms with Gasteiger partial charge in [-0.3, -0.25) is 4.79 Å². The largest absolute Gasteiger partial charge is 0.322 e. The molecule has 0 amide bonds. The Balaban J connectivity index is 2.48. The lowest BCUT2D eigenvalue weighted by molar-refractivity contribution is 0.498. The smallest absolute Gasteiger partial charge is 0.255 e. The van der Waals surface area contributed by atoms with Crippen LogP contribution in [0.15, 0.2) is 10.9 Å². The molecule has 2 N–H and O–H groups in total. The second-order valence-corrected chi connectivity index (χ2v) is 6.62. The molecule has 1 aromatic rings. The highest BCUT2D eigenvalue weighted by molar-refractivity contribution is 5.32. The predicted molar refractivity (Wildman–Crippen MR) is 84.1 cm³/mol. The fourth-order valence-electron chi connectivity index (χ4n) is 3.10. The molecule has 112 valence electrons. The van der Waals surface area contributed by atoms with E-state index in [9.17, 15) is 4.79 Å². The van der Waals surface area contributed by atoms with Crippen molar-refractivity contribution < 1.29 is 0 Å². The zero-order chi connectivity index (χ0) is 14.8. The predicted octanol–water partition coefficient (Wildman–Crippen LogP) is 3.11. The van der Waals surface area contributed by atoms with Gasteiger partial charge in [-0.2, -0.15) is 0 Å². The summed E-state index contributed by atoms with van der Waals surface area (Å²) in [4.78, 5) is 12.8. The van der Waals surface area contributed by atoms with E-state index in [0.717, 1.165) is 31.4 Å². The van der Waals surface area contributed by atoms with Crippen molar-refractivity contribution in [2.24, 2.45) is 5.73 Å². The van der Waals surface area contributed by atoms with Crippen LogP contribution < -0.4 is 11.3 Å². The number of rotatable bonds is 5.